The van der Waals surface area contributed by atoms with Gasteiger partial charge >= 0.3 is 0 Å². The Morgan fingerprint density at radius 3 is 2.92 bits per heavy atom. The van der Waals surface area contributed by atoms with E-state index in [0.29, 0.717) is 0 Å². The maximum Gasteiger partial charge on any atom is 0.266 e. The van der Waals surface area contributed by atoms with E-state index >= 15 is 0 Å². The van der Waals surface area contributed by atoms with Gasteiger partial charge in [-0.3, -0.25) is 24.6 Å². The van der Waals surface area contributed by atoms with Gasteiger partial charge in [0.2, 0.25) is 5.91 Å². The molecule has 2 aromatic rings. The number of hydrogen-bond donors (Lipinski definition) is 3. The van der Waals surface area contributed by atoms with Crippen LogP contribution in [-0.2, 0) is 17.6 Å². The summed E-state index contributed by atoms with van der Waals surface area (Å²) in [5.74, 6) is 0.524. The molecule has 1 atom stereocenters. The summed E-state index contributed by atoms with van der Waals surface area (Å²) in [5.41, 5.74) is 1.50. The third kappa shape index (κ3) is 3.40. The Bertz CT molecular complexity index is 869. The molecule has 1 amide bonds. The fourth-order valence-electron chi connectivity index (χ4n) is 3.08. The molecule has 3 N–H and O–H groups in total. The van der Waals surface area contributed by atoms with Gasteiger partial charge in [0.25, 0.3) is 11.1 Å². The van der Waals surface area contributed by atoms with Crippen LogP contribution in [0, 0.1) is 0 Å². The molecule has 3 rings (SSSR count). The van der Waals surface area contributed by atoms with Crippen molar-refractivity contribution in [1.82, 2.24) is 15.5 Å². The SMILES string of the molecule is COc1ccc2c(c1)CCCC2NC(=O)Cc1cc(=O)[nH][nH]c1=O. The number of benzene rings is 1. The van der Waals surface area contributed by atoms with E-state index in [2.05, 4.69) is 15.5 Å². The monoisotopic (exact) mass is 329 g/mol. The van der Waals surface area contributed by atoms with E-state index in [9.17, 15) is 14.4 Å². The van der Waals surface area contributed by atoms with Crippen LogP contribution in [0.15, 0.2) is 33.9 Å². The number of aromatic nitrogens is 2. The molecule has 0 bridgehead atoms. The second kappa shape index (κ2) is 6.74. The van der Waals surface area contributed by atoms with Crippen molar-refractivity contribution in [2.45, 2.75) is 31.7 Å². The lowest BCUT2D eigenvalue weighted by Gasteiger charge is -2.26. The molecule has 7 heteroatoms. The number of amides is 1. The first kappa shape index (κ1) is 16.0. The molecular formula is C17H19N3O4. The maximum atomic E-state index is 12.3. The van der Waals surface area contributed by atoms with Crippen molar-refractivity contribution in [2.75, 3.05) is 7.11 Å². The fourth-order valence-corrected chi connectivity index (χ4v) is 3.08. The average molecular weight is 329 g/mol. The van der Waals surface area contributed by atoms with Gasteiger partial charge in [-0.05, 0) is 42.5 Å². The van der Waals surface area contributed by atoms with Crippen LogP contribution in [0.5, 0.6) is 5.75 Å². The first-order valence-corrected chi connectivity index (χ1v) is 7.84. The number of aryl methyl sites for hydroxylation is 1. The van der Waals surface area contributed by atoms with Crippen LogP contribution >= 0.6 is 0 Å². The number of aromatic amines is 2. The summed E-state index contributed by atoms with van der Waals surface area (Å²) in [4.78, 5) is 35.2. The molecule has 1 heterocycles. The lowest BCUT2D eigenvalue weighted by atomic mass is 9.87. The van der Waals surface area contributed by atoms with Gasteiger partial charge in [-0.25, -0.2) is 0 Å². The normalized spacial score (nSPS) is 16.3. The minimum Gasteiger partial charge on any atom is -0.497 e. The van der Waals surface area contributed by atoms with Crippen LogP contribution in [0.4, 0.5) is 0 Å². The second-order valence-corrected chi connectivity index (χ2v) is 5.87. The smallest absolute Gasteiger partial charge is 0.266 e. The molecule has 126 valence electrons. The number of fused-ring (bicyclic) bond motifs is 1. The predicted octanol–water partition coefficient (Wildman–Crippen LogP) is 0.808. The van der Waals surface area contributed by atoms with E-state index in [-0.39, 0.29) is 23.9 Å². The van der Waals surface area contributed by atoms with Crippen LogP contribution < -0.4 is 21.2 Å². The summed E-state index contributed by atoms with van der Waals surface area (Å²) >= 11 is 0. The second-order valence-electron chi connectivity index (χ2n) is 5.87. The topological polar surface area (TPSA) is 104 Å². The highest BCUT2D eigenvalue weighted by atomic mass is 16.5. The van der Waals surface area contributed by atoms with E-state index in [4.69, 9.17) is 4.74 Å². The maximum absolute atomic E-state index is 12.3. The van der Waals surface area contributed by atoms with Crippen LogP contribution in [0.3, 0.4) is 0 Å². The van der Waals surface area contributed by atoms with Crippen molar-refractivity contribution in [2.24, 2.45) is 0 Å². The van der Waals surface area contributed by atoms with Gasteiger partial charge in [0.1, 0.15) is 5.75 Å². The number of hydrogen-bond acceptors (Lipinski definition) is 4. The van der Waals surface area contributed by atoms with Gasteiger partial charge in [0.05, 0.1) is 19.6 Å². The van der Waals surface area contributed by atoms with Crippen molar-refractivity contribution >= 4 is 5.91 Å². The summed E-state index contributed by atoms with van der Waals surface area (Å²) in [6, 6.07) is 6.91. The van der Waals surface area contributed by atoms with Gasteiger partial charge in [-0.15, -0.1) is 0 Å². The minimum absolute atomic E-state index is 0.0896. The Labute approximate surface area is 138 Å². The molecular weight excluding hydrogens is 310 g/mol. The van der Waals surface area contributed by atoms with Crippen LogP contribution in [0.2, 0.25) is 0 Å². The molecule has 1 aromatic carbocycles. The third-order valence-electron chi connectivity index (χ3n) is 4.25. The molecule has 1 unspecified atom stereocenters. The molecule has 0 spiro atoms. The van der Waals surface area contributed by atoms with E-state index < -0.39 is 11.1 Å². The average Bonchev–Trinajstić information content (AvgIpc) is 2.58. The Hall–Kier alpha value is -2.83. The zero-order valence-electron chi connectivity index (χ0n) is 13.3. The standard InChI is InChI=1S/C17H19N3O4/c1-24-12-5-6-13-10(7-12)3-2-4-14(13)18-15(21)8-11-9-16(22)19-20-17(11)23/h5-7,9,14H,2-4,8H2,1H3,(H,18,21)(H,19,22)(H,20,23). The Morgan fingerprint density at radius 2 is 2.12 bits per heavy atom. The summed E-state index contributed by atoms with van der Waals surface area (Å²) in [6.45, 7) is 0. The summed E-state index contributed by atoms with van der Waals surface area (Å²) in [6.07, 6.45) is 2.64. The first-order valence-electron chi connectivity index (χ1n) is 7.84. The van der Waals surface area contributed by atoms with E-state index in [1.807, 2.05) is 18.2 Å². The van der Waals surface area contributed by atoms with E-state index in [1.165, 1.54) is 5.56 Å². The molecule has 0 fully saturated rings. The first-order chi connectivity index (χ1) is 11.6. The van der Waals surface area contributed by atoms with Crippen molar-refractivity contribution < 1.29 is 9.53 Å². The summed E-state index contributed by atoms with van der Waals surface area (Å²) in [5, 5.41) is 7.36. The molecule has 0 aliphatic heterocycles. The van der Waals surface area contributed by atoms with Crippen molar-refractivity contribution in [1.29, 1.82) is 0 Å². The zero-order valence-corrected chi connectivity index (χ0v) is 13.3. The van der Waals surface area contributed by atoms with Crippen molar-refractivity contribution in [3.63, 3.8) is 0 Å². The molecule has 1 aromatic heterocycles. The highest BCUT2D eigenvalue weighted by Crippen LogP contribution is 2.32. The third-order valence-corrected chi connectivity index (χ3v) is 4.25. The Kier molecular flexibility index (Phi) is 4.50. The molecule has 24 heavy (non-hydrogen) atoms. The van der Waals surface area contributed by atoms with Gasteiger partial charge in [0, 0.05) is 11.6 Å². The van der Waals surface area contributed by atoms with Crippen molar-refractivity contribution in [3.05, 3.63) is 61.7 Å². The Morgan fingerprint density at radius 1 is 1.29 bits per heavy atom. The van der Waals surface area contributed by atoms with Gasteiger partial charge in [-0.1, -0.05) is 6.07 Å². The minimum atomic E-state index is -0.460. The number of carbonyl (C=O) groups is 1. The van der Waals surface area contributed by atoms with Crippen LogP contribution in [-0.4, -0.2) is 23.2 Å². The highest BCUT2D eigenvalue weighted by molar-refractivity contribution is 5.79. The van der Waals surface area contributed by atoms with E-state index in [0.717, 1.165) is 36.6 Å². The number of H-pyrrole nitrogens is 2. The quantitative estimate of drug-likeness (QED) is 0.772. The molecule has 7 nitrogen and oxygen atoms in total. The van der Waals surface area contributed by atoms with Crippen LogP contribution in [0.25, 0.3) is 0 Å². The molecule has 0 saturated heterocycles. The van der Waals surface area contributed by atoms with E-state index in [1.54, 1.807) is 7.11 Å². The lowest BCUT2D eigenvalue weighted by Crippen LogP contribution is -2.34. The van der Waals surface area contributed by atoms with Gasteiger partial charge in [-0.2, -0.15) is 0 Å². The van der Waals surface area contributed by atoms with Gasteiger partial charge < -0.3 is 10.1 Å². The number of nitrogens with one attached hydrogen (secondary N) is 3. The van der Waals surface area contributed by atoms with Crippen LogP contribution in [0.1, 0.15) is 35.6 Å². The number of ether oxygens (including phenoxy) is 1. The molecule has 0 saturated carbocycles. The number of methoxy groups -OCH3 is 1. The number of carbonyl (C=O) groups excluding carboxylic acids is 1. The summed E-state index contributed by atoms with van der Waals surface area (Å²) in [7, 11) is 1.63. The summed E-state index contributed by atoms with van der Waals surface area (Å²) < 4.78 is 5.24. The number of rotatable bonds is 4. The largest absolute Gasteiger partial charge is 0.497 e. The fraction of sp³-hybridized carbons (Fsp3) is 0.353. The Balaban J connectivity index is 1.75. The predicted molar refractivity (Wildman–Crippen MR) is 88.2 cm³/mol. The highest BCUT2D eigenvalue weighted by Gasteiger charge is 2.22. The van der Waals surface area contributed by atoms with Crippen molar-refractivity contribution in [3.8, 4) is 5.75 Å². The molecule has 0 radical (unpaired) electrons. The zero-order chi connectivity index (χ0) is 17.1. The lowest BCUT2D eigenvalue weighted by molar-refractivity contribution is -0.121. The van der Waals surface area contributed by atoms with Gasteiger partial charge in [0.15, 0.2) is 0 Å². The molecule has 1 aliphatic carbocycles. The molecule has 1 aliphatic rings.